The number of carbonyl (C=O) groups excluding carboxylic acids is 1. The van der Waals surface area contributed by atoms with Gasteiger partial charge in [0.25, 0.3) is 0 Å². The van der Waals surface area contributed by atoms with Crippen LogP contribution in [0.2, 0.25) is 0 Å². The third-order valence-corrected chi connectivity index (χ3v) is 4.75. The Balaban J connectivity index is 1.76. The third-order valence-electron chi connectivity index (χ3n) is 4.75. The lowest BCUT2D eigenvalue weighted by molar-refractivity contribution is -0.124. The molecule has 0 bridgehead atoms. The minimum Gasteiger partial charge on any atom is -0.493 e. The number of methoxy groups -OCH3 is 1. The van der Waals surface area contributed by atoms with Gasteiger partial charge in [-0.2, -0.15) is 0 Å². The summed E-state index contributed by atoms with van der Waals surface area (Å²) in [7, 11) is 3.63. The molecule has 23 heavy (non-hydrogen) atoms. The lowest BCUT2D eigenvalue weighted by Crippen LogP contribution is -2.30. The summed E-state index contributed by atoms with van der Waals surface area (Å²) >= 11 is 0. The number of rotatable bonds is 6. The standard InChI is InChI=1S/C17H24BNO4/c1-21-15-8-7-12(9-16(15)23-14-5-3-4-6-14)13-10-17(20)19(11-13)18-22-2/h7-9,13-14,18H,3-6,10-11H2,1-2H3. The molecular weight excluding hydrogens is 293 g/mol. The highest BCUT2D eigenvalue weighted by atomic mass is 16.5. The number of amides is 1. The van der Waals surface area contributed by atoms with Gasteiger partial charge in [-0.25, -0.2) is 0 Å². The van der Waals surface area contributed by atoms with E-state index in [0.717, 1.165) is 29.9 Å². The summed E-state index contributed by atoms with van der Waals surface area (Å²) in [6, 6.07) is 6.03. The lowest BCUT2D eigenvalue weighted by Gasteiger charge is -2.19. The van der Waals surface area contributed by atoms with Crippen LogP contribution in [-0.4, -0.2) is 45.2 Å². The highest BCUT2D eigenvalue weighted by Gasteiger charge is 2.31. The molecule has 1 saturated heterocycles. The Bertz CT molecular complexity index is 560. The summed E-state index contributed by atoms with van der Waals surface area (Å²) in [6.45, 7) is 0.696. The Hall–Kier alpha value is -1.69. The molecule has 1 unspecified atom stereocenters. The van der Waals surface area contributed by atoms with Gasteiger partial charge in [0, 0.05) is 26.0 Å². The molecular formula is C17H24BNO4. The zero-order valence-electron chi connectivity index (χ0n) is 13.9. The van der Waals surface area contributed by atoms with Crippen LogP contribution in [0.25, 0.3) is 0 Å². The maximum atomic E-state index is 12.0. The summed E-state index contributed by atoms with van der Waals surface area (Å²) < 4.78 is 16.7. The van der Waals surface area contributed by atoms with Crippen molar-refractivity contribution in [2.24, 2.45) is 0 Å². The van der Waals surface area contributed by atoms with E-state index in [1.807, 2.05) is 18.2 Å². The van der Waals surface area contributed by atoms with Crippen LogP contribution < -0.4 is 9.47 Å². The van der Waals surface area contributed by atoms with Crippen LogP contribution in [-0.2, 0) is 9.45 Å². The van der Waals surface area contributed by atoms with Crippen molar-refractivity contribution >= 4 is 13.5 Å². The molecule has 0 aromatic heterocycles. The normalized spacial score (nSPS) is 21.7. The van der Waals surface area contributed by atoms with Gasteiger partial charge < -0.3 is 18.9 Å². The first-order valence-electron chi connectivity index (χ1n) is 8.32. The van der Waals surface area contributed by atoms with E-state index in [0.29, 0.717) is 20.6 Å². The summed E-state index contributed by atoms with van der Waals surface area (Å²) in [6.07, 6.45) is 5.49. The Morgan fingerprint density at radius 1 is 1.17 bits per heavy atom. The average Bonchev–Trinajstić information content (AvgIpc) is 3.18. The quantitative estimate of drug-likeness (QED) is 0.755. The molecule has 1 aliphatic carbocycles. The first-order chi connectivity index (χ1) is 11.2. The molecule has 6 heteroatoms. The van der Waals surface area contributed by atoms with Gasteiger partial charge in [0.15, 0.2) is 11.5 Å². The minimum absolute atomic E-state index is 0.144. The van der Waals surface area contributed by atoms with Crippen molar-refractivity contribution in [1.29, 1.82) is 0 Å². The largest absolute Gasteiger partial charge is 0.493 e. The second-order valence-electron chi connectivity index (χ2n) is 6.37. The van der Waals surface area contributed by atoms with Crippen molar-refractivity contribution < 1.29 is 18.9 Å². The van der Waals surface area contributed by atoms with E-state index in [4.69, 9.17) is 14.1 Å². The predicted octanol–water partition coefficient (Wildman–Crippen LogP) is 2.25. The number of nitrogens with zero attached hydrogens (tertiary/aromatic N) is 1. The topological polar surface area (TPSA) is 48.0 Å². The van der Waals surface area contributed by atoms with Crippen LogP contribution in [0.3, 0.4) is 0 Å². The van der Waals surface area contributed by atoms with Gasteiger partial charge >= 0.3 is 7.62 Å². The molecule has 124 valence electrons. The van der Waals surface area contributed by atoms with Gasteiger partial charge in [-0.05, 0) is 43.4 Å². The molecule has 2 fully saturated rings. The highest BCUT2D eigenvalue weighted by Crippen LogP contribution is 2.36. The van der Waals surface area contributed by atoms with Crippen molar-refractivity contribution in [3.63, 3.8) is 0 Å². The second-order valence-corrected chi connectivity index (χ2v) is 6.37. The molecule has 1 saturated carbocycles. The zero-order chi connectivity index (χ0) is 16.2. The maximum Gasteiger partial charge on any atom is 0.398 e. The minimum atomic E-state index is 0.144. The molecule has 1 aliphatic heterocycles. The van der Waals surface area contributed by atoms with Gasteiger partial charge in [-0.15, -0.1) is 0 Å². The molecule has 0 spiro atoms. The monoisotopic (exact) mass is 317 g/mol. The van der Waals surface area contributed by atoms with Crippen molar-refractivity contribution in [2.45, 2.75) is 44.1 Å². The Labute approximate surface area is 138 Å². The van der Waals surface area contributed by atoms with Crippen LogP contribution in [0.4, 0.5) is 0 Å². The van der Waals surface area contributed by atoms with Crippen LogP contribution in [0.5, 0.6) is 11.5 Å². The Morgan fingerprint density at radius 2 is 1.96 bits per heavy atom. The van der Waals surface area contributed by atoms with E-state index in [-0.39, 0.29) is 17.9 Å². The predicted molar refractivity (Wildman–Crippen MR) is 89.1 cm³/mol. The fourth-order valence-electron chi connectivity index (χ4n) is 3.50. The molecule has 1 aromatic rings. The molecule has 0 radical (unpaired) electrons. The molecule has 1 aromatic carbocycles. The Kier molecular flexibility index (Phi) is 5.11. The molecule has 1 amide bonds. The molecule has 5 nitrogen and oxygen atoms in total. The first-order valence-corrected chi connectivity index (χ1v) is 8.32. The van der Waals surface area contributed by atoms with Gasteiger partial charge in [-0.1, -0.05) is 6.07 Å². The van der Waals surface area contributed by atoms with E-state index in [1.54, 1.807) is 19.0 Å². The molecule has 0 N–H and O–H groups in total. The number of hydrogen-bond acceptors (Lipinski definition) is 4. The number of ether oxygens (including phenoxy) is 2. The molecule has 1 atom stereocenters. The zero-order valence-corrected chi connectivity index (χ0v) is 13.9. The van der Waals surface area contributed by atoms with E-state index in [2.05, 4.69) is 0 Å². The van der Waals surface area contributed by atoms with Crippen LogP contribution in [0.15, 0.2) is 18.2 Å². The van der Waals surface area contributed by atoms with Crippen molar-refractivity contribution in [3.8, 4) is 11.5 Å². The third kappa shape index (κ3) is 3.63. The smallest absolute Gasteiger partial charge is 0.398 e. The summed E-state index contributed by atoms with van der Waals surface area (Å²) in [5.74, 6) is 1.90. The average molecular weight is 317 g/mol. The molecule has 1 heterocycles. The summed E-state index contributed by atoms with van der Waals surface area (Å²) in [5.41, 5.74) is 1.13. The van der Waals surface area contributed by atoms with Gasteiger partial charge in [0.1, 0.15) is 0 Å². The van der Waals surface area contributed by atoms with E-state index in [1.165, 1.54) is 12.8 Å². The summed E-state index contributed by atoms with van der Waals surface area (Å²) in [5, 5.41) is 0. The van der Waals surface area contributed by atoms with Crippen LogP contribution >= 0.6 is 0 Å². The van der Waals surface area contributed by atoms with E-state index >= 15 is 0 Å². The van der Waals surface area contributed by atoms with Crippen LogP contribution in [0.1, 0.15) is 43.6 Å². The first kappa shape index (κ1) is 16.2. The van der Waals surface area contributed by atoms with Gasteiger partial charge in [-0.3, -0.25) is 4.79 Å². The Morgan fingerprint density at radius 3 is 2.65 bits per heavy atom. The number of carbonyl (C=O) groups is 1. The molecule has 2 aliphatic rings. The fraction of sp³-hybridized carbons (Fsp3) is 0.588. The SMILES string of the molecule is COBN1CC(c2ccc(OC)c(OC3CCCC3)c2)CC1=O. The van der Waals surface area contributed by atoms with Gasteiger partial charge in [0.05, 0.1) is 13.2 Å². The fourth-order valence-corrected chi connectivity index (χ4v) is 3.50. The van der Waals surface area contributed by atoms with Crippen molar-refractivity contribution in [1.82, 2.24) is 4.81 Å². The van der Waals surface area contributed by atoms with Crippen molar-refractivity contribution in [2.75, 3.05) is 20.8 Å². The van der Waals surface area contributed by atoms with Crippen LogP contribution in [0, 0.1) is 0 Å². The maximum absolute atomic E-state index is 12.0. The van der Waals surface area contributed by atoms with Crippen molar-refractivity contribution in [3.05, 3.63) is 23.8 Å². The van der Waals surface area contributed by atoms with E-state index in [9.17, 15) is 4.79 Å². The van der Waals surface area contributed by atoms with E-state index < -0.39 is 0 Å². The number of benzene rings is 1. The van der Waals surface area contributed by atoms with Gasteiger partial charge in [0.2, 0.25) is 5.91 Å². The lowest BCUT2D eigenvalue weighted by atomic mass is 9.97. The molecule has 3 rings (SSSR count). The number of hydrogen-bond donors (Lipinski definition) is 0. The second kappa shape index (κ2) is 7.26. The highest BCUT2D eigenvalue weighted by molar-refractivity contribution is 6.29. The summed E-state index contributed by atoms with van der Waals surface area (Å²) in [4.78, 5) is 13.8.